The van der Waals surface area contributed by atoms with Crippen molar-refractivity contribution in [3.8, 4) is 0 Å². The van der Waals surface area contributed by atoms with Gasteiger partial charge in [-0.05, 0) is 31.9 Å². The number of ether oxygens (including phenoxy) is 1. The van der Waals surface area contributed by atoms with E-state index in [4.69, 9.17) is 0 Å². The Bertz CT molecular complexity index is 497. The molecular formula is C13H17O4P. The summed E-state index contributed by atoms with van der Waals surface area (Å²) < 4.78 is 16.3. The largest absolute Gasteiger partial charge is 0.469 e. The van der Waals surface area contributed by atoms with Gasteiger partial charge in [-0.3, -0.25) is 9.59 Å². The molecule has 0 aliphatic rings. The molecule has 0 spiro atoms. The van der Waals surface area contributed by atoms with Crippen molar-refractivity contribution in [2.24, 2.45) is 0 Å². The van der Waals surface area contributed by atoms with Crippen LogP contribution < -0.4 is 0 Å². The molecular weight excluding hydrogens is 251 g/mol. The van der Waals surface area contributed by atoms with E-state index in [1.165, 1.54) is 7.11 Å². The summed E-state index contributed by atoms with van der Waals surface area (Å²) in [7, 11) is -1.44. The lowest BCUT2D eigenvalue weighted by Crippen LogP contribution is -2.08. The molecule has 1 rings (SSSR count). The maximum Gasteiger partial charge on any atom is 0.313 e. The summed E-state index contributed by atoms with van der Waals surface area (Å²) in [4.78, 5) is 23.1. The number of aryl methyl sites for hydroxylation is 3. The van der Waals surface area contributed by atoms with Crippen LogP contribution in [0.5, 0.6) is 0 Å². The average molecular weight is 268 g/mol. The number of hydrogen-bond donors (Lipinski definition) is 0. The van der Waals surface area contributed by atoms with E-state index >= 15 is 0 Å². The van der Waals surface area contributed by atoms with Gasteiger partial charge in [-0.25, -0.2) is 0 Å². The van der Waals surface area contributed by atoms with Gasteiger partial charge in [0.05, 0.1) is 7.11 Å². The fraction of sp³-hybridized carbons (Fsp3) is 0.385. The first-order valence-electron chi connectivity index (χ1n) is 5.59. The van der Waals surface area contributed by atoms with Crippen LogP contribution in [-0.4, -0.2) is 24.8 Å². The molecule has 0 heterocycles. The highest BCUT2D eigenvalue weighted by atomic mass is 31.1. The second-order valence-electron chi connectivity index (χ2n) is 4.28. The van der Waals surface area contributed by atoms with Crippen molar-refractivity contribution in [3.63, 3.8) is 0 Å². The Balaban J connectivity index is 3.05. The monoisotopic (exact) mass is 268 g/mol. The number of methoxy groups -OCH3 is 1. The number of rotatable bonds is 4. The lowest BCUT2D eigenvalue weighted by molar-refractivity contribution is -0.137. The number of benzene rings is 1. The first-order valence-corrected chi connectivity index (χ1v) is 7.20. The second kappa shape index (κ2) is 5.96. The van der Waals surface area contributed by atoms with Crippen LogP contribution in [0.4, 0.5) is 0 Å². The molecule has 1 aromatic carbocycles. The minimum absolute atomic E-state index is 0.327. The van der Waals surface area contributed by atoms with Gasteiger partial charge in [-0.2, -0.15) is 0 Å². The summed E-state index contributed by atoms with van der Waals surface area (Å²) in [6.45, 7) is 5.55. The quantitative estimate of drug-likeness (QED) is 0.621. The summed E-state index contributed by atoms with van der Waals surface area (Å²) in [6.07, 6.45) is -0.327. The molecule has 0 aliphatic heterocycles. The molecule has 0 saturated carbocycles. The third-order valence-corrected chi connectivity index (χ3v) is 4.06. The molecule has 1 atom stereocenters. The van der Waals surface area contributed by atoms with Gasteiger partial charge in [0.2, 0.25) is 5.52 Å². The van der Waals surface area contributed by atoms with Gasteiger partial charge >= 0.3 is 5.97 Å². The number of carbonyl (C=O) groups is 2. The number of esters is 1. The average Bonchev–Trinajstić information content (AvgIpc) is 2.27. The van der Waals surface area contributed by atoms with Crippen LogP contribution in [0.3, 0.4) is 0 Å². The van der Waals surface area contributed by atoms with Gasteiger partial charge in [0.25, 0.3) is 0 Å². The fourth-order valence-corrected chi connectivity index (χ4v) is 3.20. The zero-order valence-electron chi connectivity index (χ0n) is 11.0. The molecule has 0 amide bonds. The van der Waals surface area contributed by atoms with E-state index in [1.807, 2.05) is 19.1 Å². The Labute approximate surface area is 107 Å². The third kappa shape index (κ3) is 3.30. The first-order chi connectivity index (χ1) is 8.36. The molecule has 0 bridgehead atoms. The van der Waals surface area contributed by atoms with Gasteiger partial charge < -0.3 is 9.30 Å². The smallest absolute Gasteiger partial charge is 0.313 e. The molecule has 5 heteroatoms. The van der Waals surface area contributed by atoms with E-state index in [2.05, 4.69) is 4.74 Å². The van der Waals surface area contributed by atoms with Crippen molar-refractivity contribution >= 4 is 19.3 Å². The van der Waals surface area contributed by atoms with Crippen LogP contribution in [0, 0.1) is 20.8 Å². The second-order valence-corrected chi connectivity index (χ2v) is 5.93. The van der Waals surface area contributed by atoms with Crippen LogP contribution in [0.1, 0.15) is 27.0 Å². The molecule has 98 valence electrons. The SMILES string of the molecule is COC(=O)C[PH](=O)C(=O)c1c(C)cc(C)cc1C. The topological polar surface area (TPSA) is 60.4 Å². The highest BCUT2D eigenvalue weighted by Gasteiger charge is 2.21. The van der Waals surface area contributed by atoms with Crippen LogP contribution in [0.15, 0.2) is 12.1 Å². The molecule has 0 radical (unpaired) electrons. The van der Waals surface area contributed by atoms with Gasteiger partial charge in [-0.15, -0.1) is 0 Å². The van der Waals surface area contributed by atoms with Crippen molar-refractivity contribution in [1.82, 2.24) is 0 Å². The van der Waals surface area contributed by atoms with Crippen molar-refractivity contribution in [1.29, 1.82) is 0 Å². The lowest BCUT2D eigenvalue weighted by atomic mass is 10.0. The minimum Gasteiger partial charge on any atom is -0.469 e. The van der Waals surface area contributed by atoms with Crippen molar-refractivity contribution < 1.29 is 18.9 Å². The van der Waals surface area contributed by atoms with E-state index in [0.29, 0.717) is 5.56 Å². The van der Waals surface area contributed by atoms with Gasteiger partial charge in [0, 0.05) is 5.56 Å². The third-order valence-electron chi connectivity index (χ3n) is 2.69. The summed E-state index contributed by atoms with van der Waals surface area (Å²) >= 11 is 0. The van der Waals surface area contributed by atoms with Crippen LogP contribution in [0.2, 0.25) is 0 Å². The summed E-state index contributed by atoms with van der Waals surface area (Å²) in [6, 6.07) is 3.74. The van der Waals surface area contributed by atoms with Crippen molar-refractivity contribution in [2.45, 2.75) is 20.8 Å². The Morgan fingerprint density at radius 2 is 1.67 bits per heavy atom. The fourth-order valence-electron chi connectivity index (χ4n) is 1.96. The van der Waals surface area contributed by atoms with E-state index in [0.717, 1.165) is 16.7 Å². The molecule has 1 unspecified atom stereocenters. The van der Waals surface area contributed by atoms with E-state index < -0.39 is 19.3 Å². The standard InChI is InChI=1S/C13H17O4P/c1-8-5-9(2)12(10(3)6-8)13(15)18(16)7-11(14)17-4/h5-6,18H,7H2,1-4H3. The predicted molar refractivity (Wildman–Crippen MR) is 70.9 cm³/mol. The van der Waals surface area contributed by atoms with E-state index in [-0.39, 0.29) is 6.16 Å². The highest BCUT2D eigenvalue weighted by molar-refractivity contribution is 7.65. The van der Waals surface area contributed by atoms with E-state index in [1.54, 1.807) is 13.8 Å². The Kier molecular flexibility index (Phi) is 4.85. The van der Waals surface area contributed by atoms with Crippen LogP contribution in [-0.2, 0) is 14.1 Å². The summed E-state index contributed by atoms with van der Waals surface area (Å²) in [5, 5.41) is 0. The molecule has 0 saturated heterocycles. The van der Waals surface area contributed by atoms with E-state index in [9.17, 15) is 14.2 Å². The molecule has 0 aliphatic carbocycles. The number of carbonyl (C=O) groups excluding carboxylic acids is 2. The zero-order valence-corrected chi connectivity index (χ0v) is 12.0. The maximum atomic E-state index is 12.1. The first kappa shape index (κ1) is 14.7. The van der Waals surface area contributed by atoms with Crippen LogP contribution in [0.25, 0.3) is 0 Å². The lowest BCUT2D eigenvalue weighted by Gasteiger charge is -2.09. The maximum absolute atomic E-state index is 12.1. The minimum atomic E-state index is -2.65. The highest BCUT2D eigenvalue weighted by Crippen LogP contribution is 2.30. The Morgan fingerprint density at radius 3 is 2.11 bits per heavy atom. The predicted octanol–water partition coefficient (Wildman–Crippen LogP) is 2.48. The van der Waals surface area contributed by atoms with Crippen LogP contribution >= 0.6 is 7.80 Å². The normalized spacial score (nSPS) is 12.0. The Morgan fingerprint density at radius 1 is 1.17 bits per heavy atom. The van der Waals surface area contributed by atoms with Gasteiger partial charge in [0.15, 0.2) is 7.80 Å². The molecule has 18 heavy (non-hydrogen) atoms. The molecule has 0 N–H and O–H groups in total. The molecule has 4 nitrogen and oxygen atoms in total. The van der Waals surface area contributed by atoms with Crippen molar-refractivity contribution in [3.05, 3.63) is 34.4 Å². The van der Waals surface area contributed by atoms with Crippen molar-refractivity contribution in [2.75, 3.05) is 13.3 Å². The molecule has 1 aromatic rings. The molecule has 0 aromatic heterocycles. The molecule has 0 fully saturated rings. The summed E-state index contributed by atoms with van der Waals surface area (Å²) in [5.74, 6) is -0.616. The summed E-state index contributed by atoms with van der Waals surface area (Å²) in [5.41, 5.74) is 2.66. The number of hydrogen-bond acceptors (Lipinski definition) is 4. The van der Waals surface area contributed by atoms with Gasteiger partial charge in [0.1, 0.15) is 6.16 Å². The zero-order chi connectivity index (χ0) is 13.9. The van der Waals surface area contributed by atoms with Gasteiger partial charge in [-0.1, -0.05) is 17.7 Å². The Hall–Kier alpha value is -1.41.